The molecule has 0 unspecified atom stereocenters. The second-order valence-electron chi connectivity index (χ2n) is 2.70. The van der Waals surface area contributed by atoms with Crippen molar-refractivity contribution < 1.29 is 0 Å². The molecule has 0 saturated heterocycles. The van der Waals surface area contributed by atoms with Crippen LogP contribution in [0, 0.1) is 0 Å². The van der Waals surface area contributed by atoms with Crippen molar-refractivity contribution in [3.05, 3.63) is 23.9 Å². The fraction of sp³-hybridized carbons (Fsp3) is 0.375. The first-order valence-corrected chi connectivity index (χ1v) is 3.48. The zero-order chi connectivity index (χ0) is 7.14. The number of anilines is 1. The van der Waals surface area contributed by atoms with E-state index in [-0.39, 0.29) is 0 Å². The lowest BCUT2D eigenvalue weighted by Gasteiger charge is -2.38. The zero-order valence-corrected chi connectivity index (χ0v) is 6.20. The Morgan fingerprint density at radius 1 is 1.60 bits per heavy atom. The van der Waals surface area contributed by atoms with Gasteiger partial charge in [-0.25, -0.2) is 4.98 Å². The summed E-state index contributed by atoms with van der Waals surface area (Å²) in [4.78, 5) is 6.40. The van der Waals surface area contributed by atoms with Crippen LogP contribution in [0.25, 0.3) is 0 Å². The minimum absolute atomic E-state index is 0.559. The van der Waals surface area contributed by atoms with E-state index in [2.05, 4.69) is 29.9 Å². The van der Waals surface area contributed by atoms with Crippen LogP contribution < -0.4 is 4.90 Å². The summed E-state index contributed by atoms with van der Waals surface area (Å²) < 4.78 is 0. The maximum Gasteiger partial charge on any atom is 0.134 e. The summed E-state index contributed by atoms with van der Waals surface area (Å²) in [5.41, 5.74) is 1.37. The molecule has 0 fully saturated rings. The van der Waals surface area contributed by atoms with Crippen molar-refractivity contribution in [1.29, 1.82) is 0 Å². The highest BCUT2D eigenvalue weighted by molar-refractivity contribution is 5.59. The van der Waals surface area contributed by atoms with Gasteiger partial charge in [0.2, 0.25) is 0 Å². The molecule has 0 aliphatic carbocycles. The molecular weight excluding hydrogens is 124 g/mol. The zero-order valence-electron chi connectivity index (χ0n) is 6.20. The Balaban J connectivity index is 2.50. The molecule has 0 amide bonds. The van der Waals surface area contributed by atoms with Crippen LogP contribution >= 0.6 is 0 Å². The first-order valence-electron chi connectivity index (χ1n) is 3.48. The predicted molar refractivity (Wildman–Crippen MR) is 41.1 cm³/mol. The molecule has 2 nitrogen and oxygen atoms in total. The highest BCUT2D eigenvalue weighted by atomic mass is 15.2. The predicted octanol–water partition coefficient (Wildman–Crippen LogP) is 1.59. The van der Waals surface area contributed by atoms with Crippen molar-refractivity contribution in [2.24, 2.45) is 0 Å². The summed E-state index contributed by atoms with van der Waals surface area (Å²) in [5, 5.41) is 0. The van der Waals surface area contributed by atoms with Crippen molar-refractivity contribution in [2.75, 3.05) is 11.9 Å². The summed E-state index contributed by atoms with van der Waals surface area (Å²) in [5.74, 6) is 1.13. The van der Waals surface area contributed by atoms with Crippen LogP contribution in [0.5, 0.6) is 0 Å². The number of fused-ring (bicyclic) bond motifs is 1. The van der Waals surface area contributed by atoms with E-state index in [1.807, 2.05) is 12.3 Å². The normalized spacial score (nSPS) is 21.8. The molecule has 0 radical (unpaired) electrons. The molecule has 1 aromatic rings. The van der Waals surface area contributed by atoms with Gasteiger partial charge < -0.3 is 4.90 Å². The van der Waals surface area contributed by atoms with Gasteiger partial charge in [-0.1, -0.05) is 6.07 Å². The van der Waals surface area contributed by atoms with E-state index in [0.717, 1.165) is 5.82 Å². The third kappa shape index (κ3) is 0.511. The first-order chi connectivity index (χ1) is 4.80. The topological polar surface area (TPSA) is 16.1 Å². The van der Waals surface area contributed by atoms with Crippen LogP contribution in [0.15, 0.2) is 18.3 Å². The maximum absolute atomic E-state index is 4.22. The molecule has 0 spiro atoms. The fourth-order valence-corrected chi connectivity index (χ4v) is 1.36. The van der Waals surface area contributed by atoms with Gasteiger partial charge in [0.15, 0.2) is 0 Å². The molecule has 1 aromatic heterocycles. The number of rotatable bonds is 0. The lowest BCUT2D eigenvalue weighted by Crippen LogP contribution is -2.33. The van der Waals surface area contributed by atoms with Gasteiger partial charge in [-0.15, -0.1) is 0 Å². The van der Waals surface area contributed by atoms with Crippen molar-refractivity contribution in [2.45, 2.75) is 13.0 Å². The van der Waals surface area contributed by atoms with Crippen molar-refractivity contribution >= 4 is 5.82 Å². The van der Waals surface area contributed by atoms with Gasteiger partial charge in [-0.2, -0.15) is 0 Å². The Morgan fingerprint density at radius 3 is 3.10 bits per heavy atom. The Hall–Kier alpha value is -1.05. The van der Waals surface area contributed by atoms with E-state index in [9.17, 15) is 0 Å². The SMILES string of the molecule is C[C@H]1c2cccnc2N1C. The smallest absolute Gasteiger partial charge is 0.134 e. The molecular formula is C8H10N2. The van der Waals surface area contributed by atoms with Crippen LogP contribution in [0.1, 0.15) is 18.5 Å². The fourth-order valence-electron chi connectivity index (χ4n) is 1.36. The molecule has 52 valence electrons. The molecule has 0 N–H and O–H groups in total. The second-order valence-corrected chi connectivity index (χ2v) is 2.70. The highest BCUT2D eigenvalue weighted by Gasteiger charge is 2.27. The minimum Gasteiger partial charge on any atom is -0.352 e. The number of hydrogen-bond acceptors (Lipinski definition) is 2. The lowest BCUT2D eigenvalue weighted by molar-refractivity contribution is 0.653. The van der Waals surface area contributed by atoms with E-state index in [1.54, 1.807) is 0 Å². The average molecular weight is 134 g/mol. The molecule has 1 atom stereocenters. The molecule has 10 heavy (non-hydrogen) atoms. The monoisotopic (exact) mass is 134 g/mol. The molecule has 2 heterocycles. The van der Waals surface area contributed by atoms with Gasteiger partial charge in [0.25, 0.3) is 0 Å². The summed E-state index contributed by atoms with van der Waals surface area (Å²) in [6.45, 7) is 2.18. The van der Waals surface area contributed by atoms with Gasteiger partial charge in [0.05, 0.1) is 6.04 Å². The third-order valence-electron chi connectivity index (χ3n) is 2.18. The van der Waals surface area contributed by atoms with Crippen molar-refractivity contribution in [3.63, 3.8) is 0 Å². The molecule has 0 saturated carbocycles. The Labute approximate surface area is 60.5 Å². The molecule has 1 aliphatic rings. The number of nitrogens with zero attached hydrogens (tertiary/aromatic N) is 2. The summed E-state index contributed by atoms with van der Waals surface area (Å²) in [6, 6.07) is 4.68. The molecule has 2 heteroatoms. The van der Waals surface area contributed by atoms with Crippen molar-refractivity contribution in [1.82, 2.24) is 4.98 Å². The largest absolute Gasteiger partial charge is 0.352 e. The molecule has 1 aliphatic heterocycles. The Morgan fingerprint density at radius 2 is 2.40 bits per heavy atom. The van der Waals surface area contributed by atoms with Gasteiger partial charge in [-0.05, 0) is 13.0 Å². The Kier molecular flexibility index (Phi) is 0.982. The summed E-state index contributed by atoms with van der Waals surface area (Å²) >= 11 is 0. The standard InChI is InChI=1S/C8H10N2/c1-6-7-4-3-5-9-8(7)10(6)2/h3-6H,1-2H3/t6-/m0/s1. The summed E-state index contributed by atoms with van der Waals surface area (Å²) in [6.07, 6.45) is 1.83. The van der Waals surface area contributed by atoms with E-state index < -0.39 is 0 Å². The van der Waals surface area contributed by atoms with Crippen LogP contribution in [-0.2, 0) is 0 Å². The van der Waals surface area contributed by atoms with Gasteiger partial charge >= 0.3 is 0 Å². The van der Waals surface area contributed by atoms with Crippen LogP contribution in [0.2, 0.25) is 0 Å². The van der Waals surface area contributed by atoms with Gasteiger partial charge in [0, 0.05) is 18.8 Å². The first kappa shape index (κ1) is 5.71. The van der Waals surface area contributed by atoms with Gasteiger partial charge in [-0.3, -0.25) is 0 Å². The number of pyridine rings is 1. The molecule has 0 bridgehead atoms. The average Bonchev–Trinajstić information content (AvgIpc) is 2.03. The van der Waals surface area contributed by atoms with Crippen LogP contribution in [0.4, 0.5) is 5.82 Å². The van der Waals surface area contributed by atoms with E-state index >= 15 is 0 Å². The van der Waals surface area contributed by atoms with Crippen molar-refractivity contribution in [3.8, 4) is 0 Å². The van der Waals surface area contributed by atoms with E-state index in [1.165, 1.54) is 5.56 Å². The highest BCUT2D eigenvalue weighted by Crippen LogP contribution is 2.38. The molecule has 0 aromatic carbocycles. The van der Waals surface area contributed by atoms with Crippen LogP contribution in [-0.4, -0.2) is 12.0 Å². The Bertz CT molecular complexity index is 230. The van der Waals surface area contributed by atoms with Gasteiger partial charge in [0.1, 0.15) is 5.82 Å². The maximum atomic E-state index is 4.22. The van der Waals surface area contributed by atoms with E-state index in [4.69, 9.17) is 0 Å². The molecule has 2 rings (SSSR count). The number of hydrogen-bond donors (Lipinski definition) is 0. The quantitative estimate of drug-likeness (QED) is 0.535. The lowest BCUT2D eigenvalue weighted by atomic mass is 10.0. The summed E-state index contributed by atoms with van der Waals surface area (Å²) in [7, 11) is 2.07. The minimum atomic E-state index is 0.559. The second kappa shape index (κ2) is 1.72. The van der Waals surface area contributed by atoms with Crippen LogP contribution in [0.3, 0.4) is 0 Å². The third-order valence-corrected chi connectivity index (χ3v) is 2.18. The van der Waals surface area contributed by atoms with E-state index in [0.29, 0.717) is 6.04 Å². The number of aromatic nitrogens is 1.